The Morgan fingerprint density at radius 2 is 1.94 bits per heavy atom. The molecule has 3 rings (SSSR count). The molecule has 0 atom stereocenters. The molecule has 2 aromatic heterocycles. The van der Waals surface area contributed by atoms with Gasteiger partial charge in [-0.2, -0.15) is 5.10 Å². The van der Waals surface area contributed by atoms with Crippen molar-refractivity contribution in [3.8, 4) is 22.1 Å². The average Bonchev–Trinajstić information content (AvgIpc) is 2.96. The largest absolute Gasteiger partial charge is 0.397 e. The van der Waals surface area contributed by atoms with Gasteiger partial charge in [0.1, 0.15) is 0 Å². The van der Waals surface area contributed by atoms with E-state index in [1.165, 1.54) is 0 Å². The van der Waals surface area contributed by atoms with Gasteiger partial charge >= 0.3 is 0 Å². The van der Waals surface area contributed by atoms with Crippen LogP contribution in [0.4, 0.5) is 5.69 Å². The summed E-state index contributed by atoms with van der Waals surface area (Å²) >= 11 is 1.58. The van der Waals surface area contributed by atoms with Gasteiger partial charge in [0.15, 0.2) is 11.6 Å². The van der Waals surface area contributed by atoms with Crippen LogP contribution in [0.25, 0.3) is 22.1 Å². The molecule has 2 N–H and O–H groups in total. The smallest absolute Gasteiger partial charge is 0.181 e. The molecule has 0 saturated carbocycles. The number of nitrogen functional groups attached to an aromatic ring is 1. The Bertz CT molecular complexity index is 669. The molecule has 0 amide bonds. The summed E-state index contributed by atoms with van der Waals surface area (Å²) in [5, 5.41) is 6.39. The summed E-state index contributed by atoms with van der Waals surface area (Å²) in [5.41, 5.74) is 7.67. The lowest BCUT2D eigenvalue weighted by Gasteiger charge is -1.96. The van der Waals surface area contributed by atoms with Crippen LogP contribution < -0.4 is 5.73 Å². The number of aromatic nitrogens is 3. The highest BCUT2D eigenvalue weighted by Crippen LogP contribution is 2.31. The number of hydrogen-bond donors (Lipinski definition) is 1. The summed E-state index contributed by atoms with van der Waals surface area (Å²) < 4.78 is 1.77. The maximum atomic E-state index is 5.92. The zero-order valence-corrected chi connectivity index (χ0v) is 10.7. The number of nitrogens with zero attached hydrogens (tertiary/aromatic N) is 3. The number of benzene rings is 1. The predicted molar refractivity (Wildman–Crippen MR) is 74.2 cm³/mol. The van der Waals surface area contributed by atoms with Gasteiger partial charge in [-0.3, -0.25) is 0 Å². The van der Waals surface area contributed by atoms with Crippen molar-refractivity contribution >= 4 is 17.0 Å². The molecule has 2 heterocycles. The average molecular weight is 256 g/mol. The van der Waals surface area contributed by atoms with Crippen LogP contribution in [-0.2, 0) is 7.05 Å². The van der Waals surface area contributed by atoms with E-state index in [9.17, 15) is 0 Å². The number of thiophene rings is 1. The summed E-state index contributed by atoms with van der Waals surface area (Å²) in [5.74, 6) is 1.53. The molecule has 0 fully saturated rings. The van der Waals surface area contributed by atoms with Gasteiger partial charge in [-0.15, -0.1) is 11.3 Å². The fraction of sp³-hybridized carbons (Fsp3) is 0.0769. The molecule has 90 valence electrons. The molecule has 0 radical (unpaired) electrons. The van der Waals surface area contributed by atoms with Gasteiger partial charge < -0.3 is 5.73 Å². The molecule has 0 unspecified atom stereocenters. The van der Waals surface area contributed by atoms with Gasteiger partial charge in [-0.25, -0.2) is 9.67 Å². The fourth-order valence-electron chi connectivity index (χ4n) is 1.79. The first kappa shape index (κ1) is 11.0. The summed E-state index contributed by atoms with van der Waals surface area (Å²) in [6.07, 6.45) is 0. The van der Waals surface area contributed by atoms with Crippen molar-refractivity contribution in [2.75, 3.05) is 5.73 Å². The molecule has 0 aliphatic carbocycles. The molecule has 1 aromatic carbocycles. The van der Waals surface area contributed by atoms with E-state index in [2.05, 4.69) is 10.1 Å². The van der Waals surface area contributed by atoms with Crippen LogP contribution >= 0.6 is 11.3 Å². The third kappa shape index (κ3) is 1.78. The minimum atomic E-state index is 0.723. The highest BCUT2D eigenvalue weighted by Gasteiger charge is 2.14. The van der Waals surface area contributed by atoms with Crippen molar-refractivity contribution in [1.82, 2.24) is 14.8 Å². The first-order valence-corrected chi connectivity index (χ1v) is 6.43. The Hall–Kier alpha value is -2.14. The second-order valence-electron chi connectivity index (χ2n) is 3.95. The van der Waals surface area contributed by atoms with Crippen molar-refractivity contribution in [2.45, 2.75) is 0 Å². The van der Waals surface area contributed by atoms with Crippen LogP contribution in [-0.4, -0.2) is 14.8 Å². The lowest BCUT2D eigenvalue weighted by atomic mass is 10.2. The Kier molecular flexibility index (Phi) is 2.60. The van der Waals surface area contributed by atoms with Gasteiger partial charge in [-0.1, -0.05) is 30.3 Å². The van der Waals surface area contributed by atoms with Crippen LogP contribution in [0.3, 0.4) is 0 Å². The molecule has 0 spiro atoms. The third-order valence-electron chi connectivity index (χ3n) is 2.69. The van der Waals surface area contributed by atoms with E-state index in [0.29, 0.717) is 0 Å². The van der Waals surface area contributed by atoms with E-state index in [1.807, 2.05) is 48.8 Å². The molecule has 0 aliphatic heterocycles. The molecule has 18 heavy (non-hydrogen) atoms. The Morgan fingerprint density at radius 1 is 1.17 bits per heavy atom. The highest BCUT2D eigenvalue weighted by molar-refractivity contribution is 7.14. The lowest BCUT2D eigenvalue weighted by molar-refractivity contribution is 0.779. The highest BCUT2D eigenvalue weighted by atomic mass is 32.1. The first-order chi connectivity index (χ1) is 8.75. The maximum Gasteiger partial charge on any atom is 0.181 e. The zero-order chi connectivity index (χ0) is 12.5. The van der Waals surface area contributed by atoms with Gasteiger partial charge in [-0.05, 0) is 11.4 Å². The van der Waals surface area contributed by atoms with Gasteiger partial charge in [0, 0.05) is 12.6 Å². The molecule has 0 aliphatic rings. The molecule has 5 heteroatoms. The number of hydrogen-bond acceptors (Lipinski definition) is 4. The Morgan fingerprint density at radius 3 is 2.61 bits per heavy atom. The fourth-order valence-corrected chi connectivity index (χ4v) is 2.63. The molecule has 0 saturated heterocycles. The van der Waals surface area contributed by atoms with Crippen molar-refractivity contribution in [1.29, 1.82) is 0 Å². The summed E-state index contributed by atoms with van der Waals surface area (Å²) in [6, 6.07) is 11.8. The summed E-state index contributed by atoms with van der Waals surface area (Å²) in [6.45, 7) is 0. The molecular formula is C13H12N4S. The van der Waals surface area contributed by atoms with Crippen LogP contribution in [0.5, 0.6) is 0 Å². The topological polar surface area (TPSA) is 56.7 Å². The van der Waals surface area contributed by atoms with Gasteiger partial charge in [0.05, 0.1) is 10.6 Å². The van der Waals surface area contributed by atoms with Crippen molar-refractivity contribution < 1.29 is 0 Å². The van der Waals surface area contributed by atoms with E-state index in [-0.39, 0.29) is 0 Å². The van der Waals surface area contributed by atoms with Crippen LogP contribution in [0, 0.1) is 0 Å². The monoisotopic (exact) mass is 256 g/mol. The van der Waals surface area contributed by atoms with Gasteiger partial charge in [0.2, 0.25) is 0 Å². The second-order valence-corrected chi connectivity index (χ2v) is 4.87. The number of aryl methyl sites for hydroxylation is 1. The first-order valence-electron chi connectivity index (χ1n) is 5.55. The van der Waals surface area contributed by atoms with Crippen molar-refractivity contribution in [2.24, 2.45) is 7.05 Å². The SMILES string of the molecule is Cn1nc(-c2ccccc2)nc1-c1sccc1N. The number of anilines is 1. The molecule has 3 aromatic rings. The van der Waals surface area contributed by atoms with E-state index in [1.54, 1.807) is 16.0 Å². The lowest BCUT2D eigenvalue weighted by Crippen LogP contribution is -1.95. The van der Waals surface area contributed by atoms with Crippen molar-refractivity contribution in [3.63, 3.8) is 0 Å². The minimum absolute atomic E-state index is 0.723. The van der Waals surface area contributed by atoms with E-state index >= 15 is 0 Å². The molecule has 4 nitrogen and oxygen atoms in total. The van der Waals surface area contributed by atoms with E-state index < -0.39 is 0 Å². The van der Waals surface area contributed by atoms with E-state index in [0.717, 1.165) is 27.8 Å². The zero-order valence-electron chi connectivity index (χ0n) is 9.87. The van der Waals surface area contributed by atoms with Crippen LogP contribution in [0.2, 0.25) is 0 Å². The Balaban J connectivity index is 2.10. The second kappa shape index (κ2) is 4.27. The van der Waals surface area contributed by atoms with Crippen LogP contribution in [0.15, 0.2) is 41.8 Å². The normalized spacial score (nSPS) is 10.7. The third-order valence-corrected chi connectivity index (χ3v) is 3.62. The van der Waals surface area contributed by atoms with Crippen molar-refractivity contribution in [3.05, 3.63) is 41.8 Å². The number of rotatable bonds is 2. The summed E-state index contributed by atoms with van der Waals surface area (Å²) in [4.78, 5) is 5.53. The molecule has 0 bridgehead atoms. The Labute approximate surface area is 109 Å². The number of nitrogens with two attached hydrogens (primary N) is 1. The minimum Gasteiger partial charge on any atom is -0.397 e. The quantitative estimate of drug-likeness (QED) is 0.767. The summed E-state index contributed by atoms with van der Waals surface area (Å²) in [7, 11) is 1.88. The van der Waals surface area contributed by atoms with Gasteiger partial charge in [0.25, 0.3) is 0 Å². The predicted octanol–water partition coefficient (Wildman–Crippen LogP) is 2.79. The maximum absolute atomic E-state index is 5.92. The van der Waals surface area contributed by atoms with Crippen LogP contribution in [0.1, 0.15) is 0 Å². The van der Waals surface area contributed by atoms with E-state index in [4.69, 9.17) is 5.73 Å². The standard InChI is InChI=1S/C13H12N4S/c1-17-13(11-10(14)7-8-18-11)15-12(16-17)9-5-3-2-4-6-9/h2-8H,14H2,1H3. The molecular weight excluding hydrogens is 244 g/mol.